The minimum Gasteiger partial charge on any atom is -0.495 e. The molecule has 1 atom stereocenters. The van der Waals surface area contributed by atoms with Crippen LogP contribution in [-0.2, 0) is 11.2 Å². The van der Waals surface area contributed by atoms with Gasteiger partial charge < -0.3 is 15.4 Å². The van der Waals surface area contributed by atoms with Gasteiger partial charge in [0.2, 0.25) is 9.70 Å². The summed E-state index contributed by atoms with van der Waals surface area (Å²) in [6.07, 6.45) is -1.08. The van der Waals surface area contributed by atoms with Crippen molar-refractivity contribution in [1.29, 1.82) is 0 Å². The molecule has 2 rings (SSSR count). The standard InChI is InChI=1S/C17H16Cl3N3O4/c1-27-14-8-7-12(23(25)26)10-13(14)21-16(17(18,19)20)22-15(24)9-11-5-3-2-4-6-11/h2-8,10,16,21H,9H2,1H3,(H,22,24)/t16-/m1/s1. The summed E-state index contributed by atoms with van der Waals surface area (Å²) in [6, 6.07) is 12.9. The van der Waals surface area contributed by atoms with E-state index >= 15 is 0 Å². The van der Waals surface area contributed by atoms with Crippen LogP contribution >= 0.6 is 34.8 Å². The maximum Gasteiger partial charge on any atom is 0.271 e. The molecule has 10 heteroatoms. The summed E-state index contributed by atoms with van der Waals surface area (Å²) in [6.45, 7) is 0. The number of non-ortho nitro benzene ring substituents is 1. The van der Waals surface area contributed by atoms with Gasteiger partial charge in [-0.05, 0) is 11.6 Å². The highest BCUT2D eigenvalue weighted by atomic mass is 35.6. The molecule has 0 radical (unpaired) electrons. The molecule has 144 valence electrons. The lowest BCUT2D eigenvalue weighted by molar-refractivity contribution is -0.384. The zero-order valence-corrected chi connectivity index (χ0v) is 16.4. The Hall–Kier alpha value is -2.22. The van der Waals surface area contributed by atoms with Crippen LogP contribution in [0.1, 0.15) is 5.56 Å². The van der Waals surface area contributed by atoms with Gasteiger partial charge in [-0.15, -0.1) is 0 Å². The summed E-state index contributed by atoms with van der Waals surface area (Å²) in [4.78, 5) is 22.8. The number of carbonyl (C=O) groups is 1. The third-order valence-electron chi connectivity index (χ3n) is 3.53. The SMILES string of the molecule is COc1ccc([N+](=O)[O-])cc1N[C@H](NC(=O)Cc1ccccc1)C(Cl)(Cl)Cl. The summed E-state index contributed by atoms with van der Waals surface area (Å²) in [5.41, 5.74) is 0.797. The van der Waals surface area contributed by atoms with Crippen LogP contribution in [0.5, 0.6) is 5.75 Å². The fraction of sp³-hybridized carbons (Fsp3) is 0.235. The number of amides is 1. The molecular formula is C17H16Cl3N3O4. The normalized spacial score (nSPS) is 12.1. The molecule has 0 aliphatic carbocycles. The maximum absolute atomic E-state index is 12.3. The van der Waals surface area contributed by atoms with E-state index in [0.717, 1.165) is 5.56 Å². The number of rotatable bonds is 7. The topological polar surface area (TPSA) is 93.5 Å². The second kappa shape index (κ2) is 9.12. The average Bonchev–Trinajstić information content (AvgIpc) is 2.61. The molecular weight excluding hydrogens is 417 g/mol. The van der Waals surface area contributed by atoms with Gasteiger partial charge in [0.05, 0.1) is 24.1 Å². The second-order valence-electron chi connectivity index (χ2n) is 5.49. The predicted molar refractivity (Wildman–Crippen MR) is 106 cm³/mol. The molecule has 0 saturated heterocycles. The summed E-state index contributed by atoms with van der Waals surface area (Å²) < 4.78 is 3.24. The van der Waals surface area contributed by atoms with Crippen molar-refractivity contribution >= 4 is 52.1 Å². The van der Waals surface area contributed by atoms with E-state index in [0.29, 0.717) is 0 Å². The van der Waals surface area contributed by atoms with E-state index in [1.54, 1.807) is 24.3 Å². The first-order valence-corrected chi connectivity index (χ1v) is 8.83. The van der Waals surface area contributed by atoms with Gasteiger partial charge in [0.15, 0.2) is 0 Å². The summed E-state index contributed by atoms with van der Waals surface area (Å²) in [5.74, 6) is -0.105. The smallest absolute Gasteiger partial charge is 0.271 e. The molecule has 0 saturated carbocycles. The number of ether oxygens (including phenoxy) is 1. The second-order valence-corrected chi connectivity index (χ2v) is 7.86. The van der Waals surface area contributed by atoms with Gasteiger partial charge in [-0.1, -0.05) is 65.1 Å². The van der Waals surface area contributed by atoms with E-state index in [1.165, 1.54) is 25.3 Å². The number of nitro benzene ring substituents is 1. The number of nitrogens with zero attached hydrogens (tertiary/aromatic N) is 1. The molecule has 0 aliphatic rings. The molecule has 2 aromatic carbocycles. The van der Waals surface area contributed by atoms with Gasteiger partial charge in [0.1, 0.15) is 11.9 Å². The third kappa shape index (κ3) is 6.16. The predicted octanol–water partition coefficient (Wildman–Crippen LogP) is 4.07. The lowest BCUT2D eigenvalue weighted by Gasteiger charge is -2.28. The minimum atomic E-state index is -1.93. The molecule has 0 bridgehead atoms. The quantitative estimate of drug-likeness (QED) is 0.298. The molecule has 0 unspecified atom stereocenters. The van der Waals surface area contributed by atoms with Crippen molar-refractivity contribution in [3.05, 3.63) is 64.2 Å². The van der Waals surface area contributed by atoms with Crippen LogP contribution < -0.4 is 15.4 Å². The van der Waals surface area contributed by atoms with E-state index in [-0.39, 0.29) is 23.5 Å². The molecule has 27 heavy (non-hydrogen) atoms. The Kier molecular flexibility index (Phi) is 7.12. The highest BCUT2D eigenvalue weighted by Gasteiger charge is 2.35. The van der Waals surface area contributed by atoms with E-state index in [9.17, 15) is 14.9 Å². The summed E-state index contributed by atoms with van der Waals surface area (Å²) in [7, 11) is 1.39. The number of halogens is 3. The number of hydrogen-bond donors (Lipinski definition) is 2. The van der Waals surface area contributed by atoms with Crippen LogP contribution in [0.25, 0.3) is 0 Å². The van der Waals surface area contributed by atoms with E-state index in [2.05, 4.69) is 10.6 Å². The highest BCUT2D eigenvalue weighted by molar-refractivity contribution is 6.68. The van der Waals surface area contributed by atoms with Crippen molar-refractivity contribution in [2.75, 3.05) is 12.4 Å². The number of alkyl halides is 3. The molecule has 2 aromatic rings. The number of nitrogens with one attached hydrogen (secondary N) is 2. The van der Waals surface area contributed by atoms with Gasteiger partial charge in [0, 0.05) is 12.1 Å². The van der Waals surface area contributed by atoms with E-state index in [1.807, 2.05) is 6.07 Å². The third-order valence-corrected chi connectivity index (χ3v) is 4.19. The highest BCUT2D eigenvalue weighted by Crippen LogP contribution is 2.35. The van der Waals surface area contributed by atoms with Gasteiger partial charge in [-0.3, -0.25) is 14.9 Å². The Labute approximate surface area is 170 Å². The van der Waals surface area contributed by atoms with Crippen molar-refractivity contribution in [3.8, 4) is 5.75 Å². The number of nitro groups is 1. The number of benzene rings is 2. The number of hydrogen-bond acceptors (Lipinski definition) is 5. The Balaban J connectivity index is 2.21. The Bertz CT molecular complexity index is 813. The Morgan fingerprint density at radius 2 is 1.89 bits per heavy atom. The molecule has 0 aliphatic heterocycles. The van der Waals surface area contributed by atoms with E-state index < -0.39 is 20.8 Å². The van der Waals surface area contributed by atoms with Crippen molar-refractivity contribution in [2.45, 2.75) is 16.4 Å². The lowest BCUT2D eigenvalue weighted by Crippen LogP contribution is -2.49. The molecule has 2 N–H and O–H groups in total. The van der Waals surface area contributed by atoms with Crippen molar-refractivity contribution in [2.24, 2.45) is 0 Å². The van der Waals surface area contributed by atoms with Crippen LogP contribution in [0.2, 0.25) is 0 Å². The average molecular weight is 433 g/mol. The largest absolute Gasteiger partial charge is 0.495 e. The lowest BCUT2D eigenvalue weighted by atomic mass is 10.1. The first-order chi connectivity index (χ1) is 12.7. The van der Waals surface area contributed by atoms with Crippen LogP contribution in [0, 0.1) is 10.1 Å². The van der Waals surface area contributed by atoms with Gasteiger partial charge in [-0.2, -0.15) is 0 Å². The van der Waals surface area contributed by atoms with E-state index in [4.69, 9.17) is 39.5 Å². The summed E-state index contributed by atoms with van der Waals surface area (Å²) in [5, 5.41) is 16.4. The first-order valence-electron chi connectivity index (χ1n) is 7.69. The van der Waals surface area contributed by atoms with Crippen LogP contribution in [0.15, 0.2) is 48.5 Å². The van der Waals surface area contributed by atoms with Crippen molar-refractivity contribution in [1.82, 2.24) is 5.32 Å². The first kappa shape index (κ1) is 21.1. The van der Waals surface area contributed by atoms with Gasteiger partial charge in [-0.25, -0.2) is 0 Å². The Morgan fingerprint density at radius 1 is 1.22 bits per heavy atom. The molecule has 0 spiro atoms. The Morgan fingerprint density at radius 3 is 2.44 bits per heavy atom. The zero-order valence-electron chi connectivity index (χ0n) is 14.1. The van der Waals surface area contributed by atoms with Gasteiger partial charge in [0.25, 0.3) is 5.69 Å². The van der Waals surface area contributed by atoms with Crippen molar-refractivity contribution in [3.63, 3.8) is 0 Å². The maximum atomic E-state index is 12.3. The molecule has 0 aromatic heterocycles. The zero-order chi connectivity index (χ0) is 20.0. The molecule has 1 amide bonds. The summed E-state index contributed by atoms with van der Waals surface area (Å²) >= 11 is 17.9. The minimum absolute atomic E-state index is 0.0752. The monoisotopic (exact) mass is 431 g/mol. The van der Waals surface area contributed by atoms with Crippen molar-refractivity contribution < 1.29 is 14.5 Å². The molecule has 7 nitrogen and oxygen atoms in total. The molecule has 0 heterocycles. The fourth-order valence-electron chi connectivity index (χ4n) is 2.27. The van der Waals surface area contributed by atoms with Crippen LogP contribution in [-0.4, -0.2) is 27.9 Å². The van der Waals surface area contributed by atoms with Crippen LogP contribution in [0.3, 0.4) is 0 Å². The molecule has 0 fully saturated rings. The fourth-order valence-corrected chi connectivity index (χ4v) is 2.60. The van der Waals surface area contributed by atoms with Gasteiger partial charge >= 0.3 is 0 Å². The number of carbonyl (C=O) groups excluding carboxylic acids is 1. The van der Waals surface area contributed by atoms with Crippen LogP contribution in [0.4, 0.5) is 11.4 Å². The number of anilines is 1. The number of methoxy groups -OCH3 is 1.